The second-order valence-electron chi connectivity index (χ2n) is 5.67. The van der Waals surface area contributed by atoms with Crippen molar-refractivity contribution in [2.45, 2.75) is 31.6 Å². The third-order valence-corrected chi connectivity index (χ3v) is 4.93. The standard InChI is InChI=1S/C18H18ClF/c1-12-10-16(20)9-8-14(12)11-15-7-6-13-4-2-3-5-17(13)18(15)19/h2-5,8-10,15,18H,6-7,11H2,1H3. The maximum absolute atomic E-state index is 13.2. The fraction of sp³-hybridized carbons (Fsp3) is 0.333. The lowest BCUT2D eigenvalue weighted by Crippen LogP contribution is -2.19. The van der Waals surface area contributed by atoms with Gasteiger partial charge in [-0.05, 0) is 66.5 Å². The van der Waals surface area contributed by atoms with E-state index in [0.717, 1.165) is 24.8 Å². The lowest BCUT2D eigenvalue weighted by molar-refractivity contribution is 0.441. The summed E-state index contributed by atoms with van der Waals surface area (Å²) in [6.45, 7) is 1.97. The van der Waals surface area contributed by atoms with Crippen LogP contribution >= 0.6 is 11.6 Å². The molecule has 2 unspecified atom stereocenters. The highest BCUT2D eigenvalue weighted by molar-refractivity contribution is 6.21. The first-order valence-corrected chi connectivity index (χ1v) is 7.55. The Bertz CT molecular complexity index is 621. The van der Waals surface area contributed by atoms with E-state index in [-0.39, 0.29) is 11.2 Å². The second kappa shape index (κ2) is 5.57. The quantitative estimate of drug-likeness (QED) is 0.665. The molecular formula is C18H18ClF. The Labute approximate surface area is 124 Å². The predicted molar refractivity (Wildman–Crippen MR) is 81.7 cm³/mol. The highest BCUT2D eigenvalue weighted by atomic mass is 35.5. The van der Waals surface area contributed by atoms with Crippen LogP contribution in [0.2, 0.25) is 0 Å². The maximum atomic E-state index is 13.2. The van der Waals surface area contributed by atoms with Crippen LogP contribution in [0.3, 0.4) is 0 Å². The molecule has 2 atom stereocenters. The molecule has 0 aliphatic heterocycles. The van der Waals surface area contributed by atoms with Crippen molar-refractivity contribution in [3.8, 4) is 0 Å². The molecule has 104 valence electrons. The average molecular weight is 289 g/mol. The van der Waals surface area contributed by atoms with Crippen LogP contribution < -0.4 is 0 Å². The molecule has 0 saturated heterocycles. The zero-order valence-corrected chi connectivity index (χ0v) is 12.3. The third-order valence-electron chi connectivity index (χ3n) is 4.34. The van der Waals surface area contributed by atoms with Gasteiger partial charge in [0.05, 0.1) is 5.38 Å². The first-order valence-electron chi connectivity index (χ1n) is 7.12. The van der Waals surface area contributed by atoms with Crippen molar-refractivity contribution in [2.75, 3.05) is 0 Å². The molecule has 0 bridgehead atoms. The number of hydrogen-bond donors (Lipinski definition) is 0. The van der Waals surface area contributed by atoms with Crippen LogP contribution in [0.4, 0.5) is 4.39 Å². The molecule has 0 radical (unpaired) electrons. The summed E-state index contributed by atoms with van der Waals surface area (Å²) in [7, 11) is 0. The fourth-order valence-electron chi connectivity index (χ4n) is 3.15. The van der Waals surface area contributed by atoms with E-state index in [0.29, 0.717) is 5.92 Å². The molecule has 2 aromatic rings. The second-order valence-corrected chi connectivity index (χ2v) is 6.14. The number of fused-ring (bicyclic) bond motifs is 1. The molecule has 1 aliphatic carbocycles. The molecule has 0 nitrogen and oxygen atoms in total. The van der Waals surface area contributed by atoms with Gasteiger partial charge in [-0.2, -0.15) is 0 Å². The van der Waals surface area contributed by atoms with Gasteiger partial charge < -0.3 is 0 Å². The summed E-state index contributed by atoms with van der Waals surface area (Å²) in [5, 5.41) is 0.0596. The van der Waals surface area contributed by atoms with Gasteiger partial charge in [-0.3, -0.25) is 0 Å². The lowest BCUT2D eigenvalue weighted by atomic mass is 9.80. The van der Waals surface area contributed by atoms with E-state index in [1.807, 2.05) is 13.0 Å². The minimum absolute atomic E-state index is 0.0596. The third kappa shape index (κ3) is 2.60. The summed E-state index contributed by atoms with van der Waals surface area (Å²) in [6.07, 6.45) is 3.11. The van der Waals surface area contributed by atoms with Crippen LogP contribution in [-0.2, 0) is 12.8 Å². The van der Waals surface area contributed by atoms with Gasteiger partial charge in [0.25, 0.3) is 0 Å². The monoisotopic (exact) mass is 288 g/mol. The molecule has 0 saturated carbocycles. The maximum Gasteiger partial charge on any atom is 0.123 e. The van der Waals surface area contributed by atoms with Crippen LogP contribution in [-0.4, -0.2) is 0 Å². The van der Waals surface area contributed by atoms with E-state index in [9.17, 15) is 4.39 Å². The van der Waals surface area contributed by atoms with E-state index < -0.39 is 0 Å². The van der Waals surface area contributed by atoms with E-state index in [1.54, 1.807) is 12.1 Å². The zero-order valence-electron chi connectivity index (χ0n) is 11.6. The number of rotatable bonds is 2. The van der Waals surface area contributed by atoms with E-state index in [1.165, 1.54) is 16.7 Å². The molecule has 3 rings (SSSR count). The molecular weight excluding hydrogens is 271 g/mol. The van der Waals surface area contributed by atoms with Crippen molar-refractivity contribution in [1.29, 1.82) is 0 Å². The molecule has 0 fully saturated rings. The molecule has 0 amide bonds. The Hall–Kier alpha value is -1.34. The van der Waals surface area contributed by atoms with Crippen molar-refractivity contribution in [3.63, 3.8) is 0 Å². The smallest absolute Gasteiger partial charge is 0.123 e. The van der Waals surface area contributed by atoms with Gasteiger partial charge in [0.1, 0.15) is 5.82 Å². The summed E-state index contributed by atoms with van der Waals surface area (Å²) in [5.74, 6) is 0.262. The average Bonchev–Trinajstić information content (AvgIpc) is 2.45. The highest BCUT2D eigenvalue weighted by Crippen LogP contribution is 2.40. The molecule has 0 heterocycles. The normalized spacial score (nSPS) is 21.6. The Morgan fingerprint density at radius 1 is 1.20 bits per heavy atom. The Morgan fingerprint density at radius 3 is 2.80 bits per heavy atom. The summed E-state index contributed by atoms with van der Waals surface area (Å²) < 4.78 is 13.2. The Balaban J connectivity index is 1.83. The summed E-state index contributed by atoms with van der Waals surface area (Å²) >= 11 is 6.67. The summed E-state index contributed by atoms with van der Waals surface area (Å²) in [5.41, 5.74) is 4.87. The Morgan fingerprint density at radius 2 is 2.00 bits per heavy atom. The molecule has 0 aromatic heterocycles. The molecule has 2 heteroatoms. The number of aryl methyl sites for hydroxylation is 2. The van der Waals surface area contributed by atoms with Crippen molar-refractivity contribution >= 4 is 11.6 Å². The van der Waals surface area contributed by atoms with Crippen LogP contribution in [0, 0.1) is 18.7 Å². The molecule has 0 spiro atoms. The van der Waals surface area contributed by atoms with Crippen molar-refractivity contribution in [2.24, 2.45) is 5.92 Å². The molecule has 1 aliphatic rings. The predicted octanol–water partition coefficient (Wildman–Crippen LogP) is 5.22. The molecule has 2 aromatic carbocycles. The summed E-state index contributed by atoms with van der Waals surface area (Å²) in [6, 6.07) is 13.5. The number of hydrogen-bond acceptors (Lipinski definition) is 0. The van der Waals surface area contributed by atoms with E-state index in [2.05, 4.69) is 24.3 Å². The van der Waals surface area contributed by atoms with E-state index >= 15 is 0 Å². The minimum Gasteiger partial charge on any atom is -0.207 e. The zero-order chi connectivity index (χ0) is 14.1. The van der Waals surface area contributed by atoms with Gasteiger partial charge in [-0.15, -0.1) is 11.6 Å². The van der Waals surface area contributed by atoms with Crippen molar-refractivity contribution in [3.05, 3.63) is 70.5 Å². The van der Waals surface area contributed by atoms with Gasteiger partial charge in [0.2, 0.25) is 0 Å². The number of benzene rings is 2. The van der Waals surface area contributed by atoms with Gasteiger partial charge in [0, 0.05) is 0 Å². The first kappa shape index (κ1) is 13.6. The van der Waals surface area contributed by atoms with Gasteiger partial charge in [-0.1, -0.05) is 30.3 Å². The molecule has 20 heavy (non-hydrogen) atoms. The Kier molecular flexibility index (Phi) is 3.80. The van der Waals surface area contributed by atoms with Crippen LogP contribution in [0.1, 0.15) is 34.1 Å². The van der Waals surface area contributed by atoms with Crippen molar-refractivity contribution in [1.82, 2.24) is 0 Å². The topological polar surface area (TPSA) is 0 Å². The largest absolute Gasteiger partial charge is 0.207 e. The number of alkyl halides is 1. The van der Waals surface area contributed by atoms with Crippen LogP contribution in [0.5, 0.6) is 0 Å². The van der Waals surface area contributed by atoms with Gasteiger partial charge in [0.15, 0.2) is 0 Å². The van der Waals surface area contributed by atoms with Crippen LogP contribution in [0.25, 0.3) is 0 Å². The minimum atomic E-state index is -0.164. The van der Waals surface area contributed by atoms with Gasteiger partial charge in [-0.25, -0.2) is 4.39 Å². The van der Waals surface area contributed by atoms with Crippen molar-refractivity contribution < 1.29 is 4.39 Å². The highest BCUT2D eigenvalue weighted by Gasteiger charge is 2.28. The number of halogens is 2. The SMILES string of the molecule is Cc1cc(F)ccc1CC1CCc2ccccc2C1Cl. The van der Waals surface area contributed by atoms with Crippen LogP contribution in [0.15, 0.2) is 42.5 Å². The summed E-state index contributed by atoms with van der Waals surface area (Å²) in [4.78, 5) is 0. The first-order chi connectivity index (χ1) is 9.65. The fourth-order valence-corrected chi connectivity index (χ4v) is 3.58. The van der Waals surface area contributed by atoms with E-state index in [4.69, 9.17) is 11.6 Å². The van der Waals surface area contributed by atoms with Gasteiger partial charge >= 0.3 is 0 Å². The lowest BCUT2D eigenvalue weighted by Gasteiger charge is -2.30. The molecule has 0 N–H and O–H groups in total.